The monoisotopic (exact) mass is 386 g/mol. The Morgan fingerprint density at radius 1 is 1.11 bits per heavy atom. The Morgan fingerprint density at radius 3 is 2.54 bits per heavy atom. The summed E-state index contributed by atoms with van der Waals surface area (Å²) < 4.78 is 12.0. The van der Waals surface area contributed by atoms with Crippen LogP contribution in [0.25, 0.3) is 0 Å². The fourth-order valence-electron chi connectivity index (χ4n) is 4.98. The van der Waals surface area contributed by atoms with Crippen LogP contribution in [0.4, 0.5) is 0 Å². The number of hydrogen-bond donors (Lipinski definition) is 0. The molecule has 3 fully saturated rings. The van der Waals surface area contributed by atoms with Gasteiger partial charge in [-0.15, -0.1) is 0 Å². The smallest absolute Gasteiger partial charge is 0.260 e. The first-order chi connectivity index (χ1) is 13.6. The summed E-state index contributed by atoms with van der Waals surface area (Å²) in [5.41, 5.74) is 1.17. The van der Waals surface area contributed by atoms with Gasteiger partial charge in [-0.2, -0.15) is 0 Å². The lowest BCUT2D eigenvalue weighted by atomic mass is 9.81. The maximum absolute atomic E-state index is 12.6. The van der Waals surface area contributed by atoms with Gasteiger partial charge in [0.2, 0.25) is 0 Å². The van der Waals surface area contributed by atoms with E-state index in [4.69, 9.17) is 9.47 Å². The minimum atomic E-state index is -0.0189. The Morgan fingerprint density at radius 2 is 1.82 bits per heavy atom. The van der Waals surface area contributed by atoms with Crippen molar-refractivity contribution in [3.05, 3.63) is 29.8 Å². The minimum absolute atomic E-state index is 0.0189. The number of benzene rings is 1. The van der Waals surface area contributed by atoms with E-state index in [1.165, 1.54) is 37.9 Å². The summed E-state index contributed by atoms with van der Waals surface area (Å²) in [6.45, 7) is 7.09. The van der Waals surface area contributed by atoms with Gasteiger partial charge in [-0.05, 0) is 70.7 Å². The molecule has 0 radical (unpaired) electrons. The number of aryl methyl sites for hydroxylation is 1. The van der Waals surface area contributed by atoms with Crippen molar-refractivity contribution in [2.75, 3.05) is 39.4 Å². The van der Waals surface area contributed by atoms with Gasteiger partial charge in [-0.1, -0.05) is 24.1 Å². The fourth-order valence-corrected chi connectivity index (χ4v) is 4.98. The zero-order valence-electron chi connectivity index (χ0n) is 17.2. The molecular weight excluding hydrogens is 352 g/mol. The van der Waals surface area contributed by atoms with Crippen LogP contribution in [0, 0.1) is 6.92 Å². The summed E-state index contributed by atoms with van der Waals surface area (Å²) in [6, 6.07) is 8.52. The molecule has 1 aromatic rings. The van der Waals surface area contributed by atoms with Crippen LogP contribution in [0.1, 0.15) is 50.5 Å². The molecule has 0 saturated carbocycles. The van der Waals surface area contributed by atoms with Crippen molar-refractivity contribution in [3.8, 4) is 5.75 Å². The van der Waals surface area contributed by atoms with Crippen LogP contribution < -0.4 is 4.74 Å². The predicted molar refractivity (Wildman–Crippen MR) is 110 cm³/mol. The number of rotatable bonds is 4. The lowest BCUT2D eigenvalue weighted by Crippen LogP contribution is -2.55. The van der Waals surface area contributed by atoms with E-state index in [0.717, 1.165) is 51.1 Å². The maximum atomic E-state index is 12.6. The van der Waals surface area contributed by atoms with Crippen LogP contribution in [0.3, 0.4) is 0 Å². The molecule has 1 unspecified atom stereocenters. The second-order valence-corrected chi connectivity index (χ2v) is 8.76. The highest BCUT2D eigenvalue weighted by molar-refractivity contribution is 5.77. The van der Waals surface area contributed by atoms with Crippen molar-refractivity contribution in [2.45, 2.75) is 63.5 Å². The molecule has 28 heavy (non-hydrogen) atoms. The Labute approximate surface area is 169 Å². The molecule has 1 aromatic carbocycles. The van der Waals surface area contributed by atoms with Gasteiger partial charge in [0.15, 0.2) is 6.61 Å². The quantitative estimate of drug-likeness (QED) is 0.795. The molecule has 1 amide bonds. The molecule has 0 aromatic heterocycles. The Bertz CT molecular complexity index is 646. The van der Waals surface area contributed by atoms with E-state index >= 15 is 0 Å². The third kappa shape index (κ3) is 4.69. The number of piperidine rings is 2. The van der Waals surface area contributed by atoms with Crippen molar-refractivity contribution in [3.63, 3.8) is 0 Å². The summed E-state index contributed by atoms with van der Waals surface area (Å²) in [5, 5.41) is 0. The van der Waals surface area contributed by atoms with Gasteiger partial charge < -0.3 is 19.3 Å². The normalized spacial score (nSPS) is 25.6. The third-order valence-electron chi connectivity index (χ3n) is 6.78. The average molecular weight is 387 g/mol. The number of carbonyl (C=O) groups is 1. The number of amides is 1. The summed E-state index contributed by atoms with van der Waals surface area (Å²) in [6.07, 6.45) is 8.26. The Balaban J connectivity index is 1.26. The summed E-state index contributed by atoms with van der Waals surface area (Å²) in [4.78, 5) is 17.2. The minimum Gasteiger partial charge on any atom is -0.484 e. The highest BCUT2D eigenvalue weighted by atomic mass is 16.5. The average Bonchev–Trinajstić information content (AvgIpc) is 2.74. The van der Waals surface area contributed by atoms with Crippen molar-refractivity contribution in [1.29, 1.82) is 0 Å². The summed E-state index contributed by atoms with van der Waals surface area (Å²) >= 11 is 0. The topological polar surface area (TPSA) is 42.0 Å². The van der Waals surface area contributed by atoms with Gasteiger partial charge in [0, 0.05) is 25.7 Å². The zero-order chi connectivity index (χ0) is 19.4. The molecule has 0 aliphatic carbocycles. The lowest BCUT2D eigenvalue weighted by Gasteiger charge is -2.49. The number of hydrogen-bond acceptors (Lipinski definition) is 4. The Kier molecular flexibility index (Phi) is 6.22. The van der Waals surface area contributed by atoms with Gasteiger partial charge in [0.1, 0.15) is 5.75 Å². The molecule has 0 bridgehead atoms. The fraction of sp³-hybridized carbons (Fsp3) is 0.696. The molecular formula is C23H34N2O3. The molecule has 5 heteroatoms. The number of likely N-dealkylation sites (tertiary alicyclic amines) is 2. The van der Waals surface area contributed by atoms with E-state index < -0.39 is 0 Å². The summed E-state index contributed by atoms with van der Waals surface area (Å²) in [7, 11) is 0. The maximum Gasteiger partial charge on any atom is 0.260 e. The van der Waals surface area contributed by atoms with E-state index in [2.05, 4.69) is 4.90 Å². The van der Waals surface area contributed by atoms with Crippen LogP contribution in [0.2, 0.25) is 0 Å². The molecule has 3 heterocycles. The standard InChI is InChI=1S/C23H34N2O3/c1-19-5-7-21(8-6-19)27-18-22(26)25-14-10-23(11-15-25)17-20(9-16-28-23)24-12-3-2-4-13-24/h5-8,20H,2-4,9-18H2,1H3. The van der Waals surface area contributed by atoms with Gasteiger partial charge >= 0.3 is 0 Å². The second kappa shape index (κ2) is 8.83. The molecule has 3 saturated heterocycles. The molecule has 1 spiro atoms. The molecule has 1 atom stereocenters. The van der Waals surface area contributed by atoms with Gasteiger partial charge in [0.25, 0.3) is 5.91 Å². The zero-order valence-corrected chi connectivity index (χ0v) is 17.2. The number of carbonyl (C=O) groups excluding carboxylic acids is 1. The van der Waals surface area contributed by atoms with Gasteiger partial charge in [0.05, 0.1) is 5.60 Å². The van der Waals surface area contributed by atoms with Crippen molar-refractivity contribution in [1.82, 2.24) is 9.80 Å². The van der Waals surface area contributed by atoms with E-state index in [1.807, 2.05) is 36.1 Å². The first-order valence-electron chi connectivity index (χ1n) is 11.0. The van der Waals surface area contributed by atoms with Crippen molar-refractivity contribution < 1.29 is 14.3 Å². The molecule has 3 aliphatic rings. The van der Waals surface area contributed by atoms with Crippen LogP contribution in [-0.4, -0.2) is 66.7 Å². The van der Waals surface area contributed by atoms with Gasteiger partial charge in [-0.3, -0.25) is 4.79 Å². The predicted octanol–water partition coefficient (Wildman–Crippen LogP) is 3.40. The number of nitrogens with zero attached hydrogens (tertiary/aromatic N) is 2. The van der Waals surface area contributed by atoms with E-state index in [9.17, 15) is 4.79 Å². The first kappa shape index (κ1) is 19.7. The lowest BCUT2D eigenvalue weighted by molar-refractivity contribution is -0.151. The largest absolute Gasteiger partial charge is 0.484 e. The van der Waals surface area contributed by atoms with Gasteiger partial charge in [-0.25, -0.2) is 0 Å². The Hall–Kier alpha value is -1.59. The summed E-state index contributed by atoms with van der Waals surface area (Å²) in [5.74, 6) is 0.839. The van der Waals surface area contributed by atoms with Crippen LogP contribution >= 0.6 is 0 Å². The highest BCUT2D eigenvalue weighted by Crippen LogP contribution is 2.37. The molecule has 4 rings (SSSR count). The second-order valence-electron chi connectivity index (χ2n) is 8.76. The number of ether oxygens (including phenoxy) is 2. The van der Waals surface area contributed by atoms with E-state index in [0.29, 0.717) is 6.04 Å². The van der Waals surface area contributed by atoms with Crippen molar-refractivity contribution in [2.24, 2.45) is 0 Å². The van der Waals surface area contributed by atoms with Crippen LogP contribution in [0.15, 0.2) is 24.3 Å². The highest BCUT2D eigenvalue weighted by Gasteiger charge is 2.42. The van der Waals surface area contributed by atoms with E-state index in [-0.39, 0.29) is 18.1 Å². The first-order valence-corrected chi connectivity index (χ1v) is 11.0. The van der Waals surface area contributed by atoms with Crippen molar-refractivity contribution >= 4 is 5.91 Å². The molecule has 5 nitrogen and oxygen atoms in total. The van der Waals surface area contributed by atoms with Crippen LogP contribution in [-0.2, 0) is 9.53 Å². The van der Waals surface area contributed by atoms with Crippen LogP contribution in [0.5, 0.6) is 5.75 Å². The SMILES string of the molecule is Cc1ccc(OCC(=O)N2CCC3(CC2)CC(N2CCCCC2)CCO3)cc1. The van der Waals surface area contributed by atoms with E-state index in [1.54, 1.807) is 0 Å². The third-order valence-corrected chi connectivity index (χ3v) is 6.78. The molecule has 3 aliphatic heterocycles. The molecule has 154 valence electrons. The molecule has 0 N–H and O–H groups in total.